The van der Waals surface area contributed by atoms with Crippen molar-refractivity contribution in [3.05, 3.63) is 58.1 Å². The quantitative estimate of drug-likeness (QED) is 0.414. The summed E-state index contributed by atoms with van der Waals surface area (Å²) in [4.78, 5) is 27.8. The van der Waals surface area contributed by atoms with Crippen LogP contribution in [-0.4, -0.2) is 56.6 Å². The highest BCUT2D eigenvalue weighted by atomic mass is 35.5. The summed E-state index contributed by atoms with van der Waals surface area (Å²) in [5.41, 5.74) is 0.684. The first-order valence-electron chi connectivity index (χ1n) is 11.8. The molecule has 2 aromatic carbocycles. The number of halogens is 2. The minimum Gasteiger partial charge on any atom is -0.497 e. The second kappa shape index (κ2) is 12.8. The van der Waals surface area contributed by atoms with Crippen molar-refractivity contribution in [2.75, 3.05) is 24.2 Å². The Labute approximate surface area is 229 Å². The Bertz CT molecular complexity index is 1210. The number of carbonyl (C=O) groups is 2. The largest absolute Gasteiger partial charge is 0.497 e. The molecule has 0 saturated carbocycles. The molecule has 0 heterocycles. The number of benzene rings is 2. The van der Waals surface area contributed by atoms with Crippen LogP contribution in [-0.2, 0) is 26.2 Å². The summed E-state index contributed by atoms with van der Waals surface area (Å²) in [6.07, 6.45) is 1.39. The molecule has 0 fully saturated rings. The number of sulfonamides is 1. The lowest BCUT2D eigenvalue weighted by Crippen LogP contribution is -2.52. The van der Waals surface area contributed by atoms with Crippen molar-refractivity contribution >= 4 is 50.7 Å². The molecule has 0 aliphatic rings. The average Bonchev–Trinajstić information content (AvgIpc) is 2.80. The van der Waals surface area contributed by atoms with E-state index < -0.39 is 21.6 Å². The summed E-state index contributed by atoms with van der Waals surface area (Å²) in [5.74, 6) is -0.0644. The maximum Gasteiger partial charge on any atom is 0.242 e. The molecule has 8 nitrogen and oxygen atoms in total. The second-order valence-corrected chi connectivity index (χ2v) is 12.5. The molecule has 2 rings (SSSR count). The van der Waals surface area contributed by atoms with E-state index in [2.05, 4.69) is 5.32 Å². The first kappa shape index (κ1) is 30.7. The summed E-state index contributed by atoms with van der Waals surface area (Å²) in [5, 5.41) is 3.64. The molecular weight excluding hydrogens is 537 g/mol. The van der Waals surface area contributed by atoms with E-state index >= 15 is 0 Å². The Morgan fingerprint density at radius 1 is 1.08 bits per heavy atom. The van der Waals surface area contributed by atoms with E-state index in [0.717, 1.165) is 6.26 Å². The minimum absolute atomic E-state index is 0.0322. The van der Waals surface area contributed by atoms with Crippen molar-refractivity contribution in [1.82, 2.24) is 10.2 Å². The average molecular weight is 573 g/mol. The molecule has 37 heavy (non-hydrogen) atoms. The van der Waals surface area contributed by atoms with Gasteiger partial charge in [0.25, 0.3) is 0 Å². The number of ether oxygens (including phenoxy) is 1. The van der Waals surface area contributed by atoms with Crippen LogP contribution < -0.4 is 14.4 Å². The van der Waals surface area contributed by atoms with Gasteiger partial charge in [-0.2, -0.15) is 0 Å². The first-order valence-corrected chi connectivity index (χ1v) is 14.4. The summed E-state index contributed by atoms with van der Waals surface area (Å²) in [6.45, 7) is 7.47. The Kier molecular flexibility index (Phi) is 10.7. The van der Waals surface area contributed by atoms with E-state index in [1.807, 2.05) is 20.8 Å². The SMILES string of the molecule is COc1cccc(N(CCCC(=O)N(Cc2ccc(Cl)c(Cl)c2)[C@H](C)C(=O)NC(C)(C)C)S(C)(=O)=O)c1. The van der Waals surface area contributed by atoms with Gasteiger partial charge < -0.3 is 15.0 Å². The molecule has 11 heteroatoms. The number of hydrogen-bond acceptors (Lipinski definition) is 5. The molecule has 204 valence electrons. The number of nitrogens with one attached hydrogen (secondary N) is 1. The van der Waals surface area contributed by atoms with Crippen LogP contribution in [0.5, 0.6) is 5.75 Å². The molecule has 0 aliphatic carbocycles. The second-order valence-electron chi connectivity index (χ2n) is 9.83. The van der Waals surface area contributed by atoms with E-state index in [0.29, 0.717) is 27.0 Å². The molecule has 0 aliphatic heterocycles. The predicted octanol–water partition coefficient (Wildman–Crippen LogP) is 4.88. The van der Waals surface area contributed by atoms with Crippen LogP contribution in [0.4, 0.5) is 5.69 Å². The van der Waals surface area contributed by atoms with E-state index in [1.54, 1.807) is 49.4 Å². The normalized spacial score (nSPS) is 12.5. The van der Waals surface area contributed by atoms with Crippen LogP contribution in [0.1, 0.15) is 46.1 Å². The zero-order valence-corrected chi connectivity index (χ0v) is 24.4. The number of methoxy groups -OCH3 is 1. The van der Waals surface area contributed by atoms with Crippen LogP contribution >= 0.6 is 23.2 Å². The predicted molar refractivity (Wildman–Crippen MR) is 149 cm³/mol. The number of carbonyl (C=O) groups excluding carboxylic acids is 2. The molecule has 0 aromatic heterocycles. The molecule has 1 atom stereocenters. The van der Waals surface area contributed by atoms with Gasteiger partial charge in [-0.1, -0.05) is 35.3 Å². The number of rotatable bonds is 11. The maximum atomic E-state index is 13.4. The fourth-order valence-corrected chi connectivity index (χ4v) is 4.94. The van der Waals surface area contributed by atoms with Crippen LogP contribution in [0.3, 0.4) is 0 Å². The lowest BCUT2D eigenvalue weighted by molar-refractivity contribution is -0.141. The third-order valence-corrected chi connectivity index (χ3v) is 7.43. The smallest absolute Gasteiger partial charge is 0.242 e. The van der Waals surface area contributed by atoms with Gasteiger partial charge in [0.2, 0.25) is 21.8 Å². The number of amides is 2. The zero-order chi connectivity index (χ0) is 28.0. The molecular formula is C26H35Cl2N3O5S. The fraction of sp³-hybridized carbons (Fsp3) is 0.462. The van der Waals surface area contributed by atoms with Crippen LogP contribution in [0.25, 0.3) is 0 Å². The Morgan fingerprint density at radius 3 is 2.32 bits per heavy atom. The van der Waals surface area contributed by atoms with Crippen LogP contribution in [0.2, 0.25) is 10.0 Å². The van der Waals surface area contributed by atoms with Gasteiger partial charge in [0, 0.05) is 31.1 Å². The summed E-state index contributed by atoms with van der Waals surface area (Å²) >= 11 is 12.2. The molecule has 0 bridgehead atoms. The minimum atomic E-state index is -3.61. The molecule has 0 saturated heterocycles. The van der Waals surface area contributed by atoms with Gasteiger partial charge in [0.05, 0.1) is 29.1 Å². The summed E-state index contributed by atoms with van der Waals surface area (Å²) in [7, 11) is -2.11. The standard InChI is InChI=1S/C26H35Cl2N3O5S/c1-18(25(33)29-26(2,3)4)30(17-19-12-13-22(27)23(28)15-19)24(32)11-8-14-31(37(6,34)35)20-9-7-10-21(16-20)36-5/h7,9-10,12-13,15-16,18H,8,11,14,17H2,1-6H3,(H,29,33)/t18-/m1/s1. The Balaban J connectivity index is 2.23. The van der Waals surface area contributed by atoms with E-state index in [9.17, 15) is 18.0 Å². The Morgan fingerprint density at radius 2 is 1.76 bits per heavy atom. The maximum absolute atomic E-state index is 13.4. The lowest BCUT2D eigenvalue weighted by atomic mass is 10.1. The van der Waals surface area contributed by atoms with Crippen molar-refractivity contribution in [3.8, 4) is 5.75 Å². The number of hydrogen-bond donors (Lipinski definition) is 1. The third kappa shape index (κ3) is 9.39. The van der Waals surface area contributed by atoms with Gasteiger partial charge in [-0.05, 0) is 63.9 Å². The van der Waals surface area contributed by atoms with Gasteiger partial charge in [0.15, 0.2) is 0 Å². The van der Waals surface area contributed by atoms with Crippen LogP contribution in [0.15, 0.2) is 42.5 Å². The monoisotopic (exact) mass is 571 g/mol. The van der Waals surface area contributed by atoms with E-state index in [1.165, 1.54) is 16.3 Å². The highest BCUT2D eigenvalue weighted by Gasteiger charge is 2.29. The molecule has 0 radical (unpaired) electrons. The van der Waals surface area contributed by atoms with Crippen molar-refractivity contribution in [2.45, 2.75) is 58.7 Å². The molecule has 2 amide bonds. The zero-order valence-electron chi connectivity index (χ0n) is 22.0. The van der Waals surface area contributed by atoms with E-state index in [-0.39, 0.29) is 37.7 Å². The molecule has 2 aromatic rings. The van der Waals surface area contributed by atoms with Crippen molar-refractivity contribution in [2.24, 2.45) is 0 Å². The van der Waals surface area contributed by atoms with Gasteiger partial charge in [-0.15, -0.1) is 0 Å². The summed E-state index contributed by atoms with van der Waals surface area (Å²) < 4.78 is 31.4. The Hall–Kier alpha value is -2.49. The molecule has 0 unspecified atom stereocenters. The molecule has 1 N–H and O–H groups in total. The first-order chi connectivity index (χ1) is 17.1. The highest BCUT2D eigenvalue weighted by molar-refractivity contribution is 7.92. The highest BCUT2D eigenvalue weighted by Crippen LogP contribution is 2.25. The van der Waals surface area contributed by atoms with Gasteiger partial charge in [0.1, 0.15) is 11.8 Å². The van der Waals surface area contributed by atoms with Crippen molar-refractivity contribution in [1.29, 1.82) is 0 Å². The van der Waals surface area contributed by atoms with E-state index in [4.69, 9.17) is 27.9 Å². The number of nitrogens with zero attached hydrogens (tertiary/aromatic N) is 2. The van der Waals surface area contributed by atoms with Crippen molar-refractivity contribution in [3.63, 3.8) is 0 Å². The van der Waals surface area contributed by atoms with Gasteiger partial charge in [-0.25, -0.2) is 8.42 Å². The molecule has 0 spiro atoms. The third-order valence-electron chi connectivity index (χ3n) is 5.50. The van der Waals surface area contributed by atoms with Gasteiger partial charge >= 0.3 is 0 Å². The lowest BCUT2D eigenvalue weighted by Gasteiger charge is -2.32. The summed E-state index contributed by atoms with van der Waals surface area (Å²) in [6, 6.07) is 11.0. The topological polar surface area (TPSA) is 96.0 Å². The van der Waals surface area contributed by atoms with Crippen LogP contribution in [0, 0.1) is 0 Å². The number of anilines is 1. The van der Waals surface area contributed by atoms with Gasteiger partial charge in [-0.3, -0.25) is 13.9 Å². The fourth-order valence-electron chi connectivity index (χ4n) is 3.66. The van der Waals surface area contributed by atoms with Crippen molar-refractivity contribution < 1.29 is 22.7 Å².